The fraction of sp³-hybridized carbons (Fsp3) is 0.385. The monoisotopic (exact) mass is 360 g/mol. The maximum atomic E-state index is 12.4. The summed E-state index contributed by atoms with van der Waals surface area (Å²) in [5.41, 5.74) is 0. The second-order valence-electron chi connectivity index (χ2n) is 4.59. The summed E-state index contributed by atoms with van der Waals surface area (Å²) in [7, 11) is -3.64. The molecule has 1 heterocycles. The predicted octanol–water partition coefficient (Wildman–Crippen LogP) is 2.71. The Morgan fingerprint density at radius 3 is 2.50 bits per heavy atom. The molecule has 2 aromatic rings. The first-order valence-corrected chi connectivity index (χ1v) is 9.72. The number of nitrogens with zero attached hydrogens (tertiary/aromatic N) is 3. The molecule has 22 heavy (non-hydrogen) atoms. The lowest BCUT2D eigenvalue weighted by Crippen LogP contribution is -2.29. The average Bonchev–Trinajstić information content (AvgIpc) is 2.90. The van der Waals surface area contributed by atoms with Gasteiger partial charge in [0.1, 0.15) is 0 Å². The van der Waals surface area contributed by atoms with E-state index in [1.807, 2.05) is 17.7 Å². The van der Waals surface area contributed by atoms with Crippen LogP contribution in [0.25, 0.3) is 0 Å². The van der Waals surface area contributed by atoms with Crippen molar-refractivity contribution >= 4 is 33.4 Å². The Morgan fingerprint density at radius 1 is 1.32 bits per heavy atom. The normalized spacial score (nSPS) is 13.3. The molecule has 0 aliphatic carbocycles. The van der Waals surface area contributed by atoms with Crippen LogP contribution in [0.2, 0.25) is 5.02 Å². The van der Waals surface area contributed by atoms with Gasteiger partial charge in [-0.15, -0.1) is 10.2 Å². The molecule has 0 radical (unpaired) electrons. The molecule has 1 aromatic heterocycles. The van der Waals surface area contributed by atoms with E-state index < -0.39 is 16.1 Å². The minimum Gasteiger partial charge on any atom is -0.305 e. The van der Waals surface area contributed by atoms with Gasteiger partial charge >= 0.3 is 0 Å². The van der Waals surface area contributed by atoms with E-state index in [0.717, 1.165) is 5.16 Å². The maximum absolute atomic E-state index is 12.4. The van der Waals surface area contributed by atoms with Crippen LogP contribution in [0.5, 0.6) is 0 Å². The van der Waals surface area contributed by atoms with Crippen LogP contribution >= 0.6 is 23.4 Å². The van der Waals surface area contributed by atoms with Gasteiger partial charge in [0, 0.05) is 11.6 Å². The molecule has 6 nitrogen and oxygen atoms in total. The molecule has 0 unspecified atom stereocenters. The van der Waals surface area contributed by atoms with Gasteiger partial charge in [-0.3, -0.25) is 0 Å². The lowest BCUT2D eigenvalue weighted by molar-refractivity contribution is 0.540. The van der Waals surface area contributed by atoms with E-state index in [-0.39, 0.29) is 4.90 Å². The average molecular weight is 361 g/mol. The lowest BCUT2D eigenvalue weighted by atomic mass is 10.3. The molecular formula is C13H17ClN4O2S2. The summed E-state index contributed by atoms with van der Waals surface area (Å²) in [6, 6.07) is 5.53. The van der Waals surface area contributed by atoms with Crippen molar-refractivity contribution in [2.24, 2.45) is 0 Å². The number of hydrogen-bond donors (Lipinski definition) is 1. The number of nitrogens with one attached hydrogen (secondary N) is 1. The van der Waals surface area contributed by atoms with Crippen molar-refractivity contribution in [1.82, 2.24) is 19.5 Å². The Labute approximate surface area is 139 Å². The van der Waals surface area contributed by atoms with Gasteiger partial charge in [0.2, 0.25) is 10.0 Å². The first kappa shape index (κ1) is 17.3. The fourth-order valence-electron chi connectivity index (χ4n) is 2.04. The van der Waals surface area contributed by atoms with E-state index in [1.165, 1.54) is 23.9 Å². The van der Waals surface area contributed by atoms with Crippen molar-refractivity contribution in [3.63, 3.8) is 0 Å². The van der Waals surface area contributed by atoms with Gasteiger partial charge in [0.05, 0.1) is 10.9 Å². The van der Waals surface area contributed by atoms with Crippen molar-refractivity contribution < 1.29 is 8.42 Å². The zero-order valence-corrected chi connectivity index (χ0v) is 14.8. The van der Waals surface area contributed by atoms with E-state index in [0.29, 0.717) is 17.4 Å². The van der Waals surface area contributed by atoms with Crippen molar-refractivity contribution in [2.45, 2.75) is 36.5 Å². The molecule has 0 aliphatic heterocycles. The molecule has 0 spiro atoms. The summed E-state index contributed by atoms with van der Waals surface area (Å²) in [6.45, 7) is 4.38. The van der Waals surface area contributed by atoms with E-state index >= 15 is 0 Å². The van der Waals surface area contributed by atoms with Crippen LogP contribution in [0.15, 0.2) is 34.3 Å². The smallest absolute Gasteiger partial charge is 0.241 e. The molecule has 9 heteroatoms. The van der Waals surface area contributed by atoms with E-state index in [2.05, 4.69) is 14.9 Å². The Bertz CT molecular complexity index is 744. The largest absolute Gasteiger partial charge is 0.305 e. The van der Waals surface area contributed by atoms with Gasteiger partial charge in [-0.1, -0.05) is 23.4 Å². The summed E-state index contributed by atoms with van der Waals surface area (Å²) in [4.78, 5) is 0.163. The Hall–Kier alpha value is -1.09. The molecule has 1 atom stereocenters. The number of halogens is 1. The van der Waals surface area contributed by atoms with Crippen molar-refractivity contribution in [3.05, 3.63) is 35.1 Å². The summed E-state index contributed by atoms with van der Waals surface area (Å²) in [5.74, 6) is 0.587. The van der Waals surface area contributed by atoms with Gasteiger partial charge in [-0.2, -0.15) is 0 Å². The van der Waals surface area contributed by atoms with Crippen LogP contribution in [-0.4, -0.2) is 29.4 Å². The lowest BCUT2D eigenvalue weighted by Gasteiger charge is -2.15. The molecule has 1 aromatic carbocycles. The Balaban J connectivity index is 2.26. The van der Waals surface area contributed by atoms with E-state index in [9.17, 15) is 8.42 Å². The van der Waals surface area contributed by atoms with Crippen LogP contribution in [0.4, 0.5) is 0 Å². The van der Waals surface area contributed by atoms with Gasteiger partial charge in [-0.05, 0) is 44.4 Å². The quantitative estimate of drug-likeness (QED) is 0.801. The molecular weight excluding hydrogens is 344 g/mol. The SMILES string of the molecule is CCn1c(SC)nnc1[C@@H](C)NS(=O)(=O)c1ccc(Cl)cc1. The number of thioether (sulfide) groups is 1. The van der Waals surface area contributed by atoms with Crippen LogP contribution in [0.3, 0.4) is 0 Å². The summed E-state index contributed by atoms with van der Waals surface area (Å²) in [5, 5.41) is 9.41. The number of rotatable bonds is 6. The van der Waals surface area contributed by atoms with Gasteiger partial charge < -0.3 is 4.57 Å². The second-order valence-corrected chi connectivity index (χ2v) is 7.51. The number of benzene rings is 1. The topological polar surface area (TPSA) is 76.9 Å². The minimum absolute atomic E-state index is 0.163. The van der Waals surface area contributed by atoms with Crippen molar-refractivity contribution in [2.75, 3.05) is 6.26 Å². The third-order valence-electron chi connectivity index (χ3n) is 3.09. The number of aromatic nitrogens is 3. The van der Waals surface area contributed by atoms with E-state index in [1.54, 1.807) is 19.1 Å². The van der Waals surface area contributed by atoms with Crippen LogP contribution < -0.4 is 4.72 Å². The molecule has 1 N–H and O–H groups in total. The summed E-state index contributed by atoms with van der Waals surface area (Å²) >= 11 is 7.25. The third kappa shape index (κ3) is 3.62. The highest BCUT2D eigenvalue weighted by atomic mass is 35.5. The highest BCUT2D eigenvalue weighted by molar-refractivity contribution is 7.98. The van der Waals surface area contributed by atoms with Crippen LogP contribution in [0.1, 0.15) is 25.7 Å². The zero-order valence-electron chi connectivity index (χ0n) is 12.4. The maximum Gasteiger partial charge on any atom is 0.241 e. The standard InChI is InChI=1S/C13H17ClN4O2S2/c1-4-18-12(15-16-13(18)21-3)9(2)17-22(19,20)11-7-5-10(14)6-8-11/h5-9,17H,4H2,1-3H3/t9-/m1/s1. The first-order chi connectivity index (χ1) is 10.4. The molecule has 0 saturated carbocycles. The molecule has 120 valence electrons. The van der Waals surface area contributed by atoms with Gasteiger partial charge in [-0.25, -0.2) is 13.1 Å². The third-order valence-corrected chi connectivity index (χ3v) is 5.56. The number of hydrogen-bond acceptors (Lipinski definition) is 5. The molecule has 2 rings (SSSR count). The van der Waals surface area contributed by atoms with Crippen LogP contribution in [0, 0.1) is 0 Å². The molecule has 0 saturated heterocycles. The zero-order chi connectivity index (χ0) is 16.3. The predicted molar refractivity (Wildman–Crippen MR) is 87.7 cm³/mol. The minimum atomic E-state index is -3.64. The van der Waals surface area contributed by atoms with Crippen molar-refractivity contribution in [1.29, 1.82) is 0 Å². The highest BCUT2D eigenvalue weighted by Crippen LogP contribution is 2.21. The summed E-state index contributed by atoms with van der Waals surface area (Å²) < 4.78 is 29.3. The second kappa shape index (κ2) is 6.99. The molecule has 0 fully saturated rings. The first-order valence-electron chi connectivity index (χ1n) is 6.64. The fourth-order valence-corrected chi connectivity index (χ4v) is 3.93. The Kier molecular flexibility index (Phi) is 5.49. The molecule has 0 aliphatic rings. The number of sulfonamides is 1. The Morgan fingerprint density at radius 2 is 1.95 bits per heavy atom. The van der Waals surface area contributed by atoms with E-state index in [4.69, 9.17) is 11.6 Å². The van der Waals surface area contributed by atoms with Gasteiger partial charge in [0.15, 0.2) is 11.0 Å². The molecule has 0 amide bonds. The summed E-state index contributed by atoms with van der Waals surface area (Å²) in [6.07, 6.45) is 1.91. The van der Waals surface area contributed by atoms with Crippen molar-refractivity contribution in [3.8, 4) is 0 Å². The van der Waals surface area contributed by atoms with Crippen LogP contribution in [-0.2, 0) is 16.6 Å². The highest BCUT2D eigenvalue weighted by Gasteiger charge is 2.23. The molecule has 0 bridgehead atoms. The van der Waals surface area contributed by atoms with Gasteiger partial charge in [0.25, 0.3) is 0 Å².